The van der Waals surface area contributed by atoms with Crippen molar-refractivity contribution in [2.45, 2.75) is 70.9 Å². The molecule has 0 radical (unpaired) electrons. The number of nitrogens with one attached hydrogen (secondary N) is 2. The van der Waals surface area contributed by atoms with Gasteiger partial charge in [0.15, 0.2) is 5.96 Å². The van der Waals surface area contributed by atoms with E-state index in [4.69, 9.17) is 14.5 Å². The maximum Gasteiger partial charge on any atom is 0.191 e. The molecular formula is C23H39N3O3S. The van der Waals surface area contributed by atoms with Crippen molar-refractivity contribution in [3.8, 4) is 0 Å². The van der Waals surface area contributed by atoms with Crippen LogP contribution in [0.25, 0.3) is 0 Å². The molecule has 0 aliphatic heterocycles. The number of guanidine groups is 1. The molecular weight excluding hydrogens is 398 g/mol. The first-order valence-electron chi connectivity index (χ1n) is 11.3. The zero-order valence-electron chi connectivity index (χ0n) is 18.8. The summed E-state index contributed by atoms with van der Waals surface area (Å²) >= 11 is 0. The molecule has 2 rings (SSSR count). The predicted molar refractivity (Wildman–Crippen MR) is 125 cm³/mol. The topological polar surface area (TPSA) is 72.0 Å². The molecule has 1 aromatic carbocycles. The van der Waals surface area contributed by atoms with Gasteiger partial charge >= 0.3 is 0 Å². The summed E-state index contributed by atoms with van der Waals surface area (Å²) in [5, 5.41) is 7.23. The van der Waals surface area contributed by atoms with E-state index in [-0.39, 0.29) is 0 Å². The fourth-order valence-corrected chi connectivity index (χ4v) is 5.05. The summed E-state index contributed by atoms with van der Waals surface area (Å²) in [6, 6.07) is 8.71. The molecule has 0 saturated heterocycles. The normalized spacial score (nSPS) is 20.7. The molecule has 0 aromatic heterocycles. The van der Waals surface area contributed by atoms with Gasteiger partial charge in [-0.3, -0.25) is 4.21 Å². The van der Waals surface area contributed by atoms with E-state index < -0.39 is 10.8 Å². The van der Waals surface area contributed by atoms with Gasteiger partial charge in [-0.2, -0.15) is 0 Å². The van der Waals surface area contributed by atoms with Gasteiger partial charge < -0.3 is 20.1 Å². The summed E-state index contributed by atoms with van der Waals surface area (Å²) in [5.41, 5.74) is 2.31. The summed E-state index contributed by atoms with van der Waals surface area (Å²) in [7, 11) is -0.714. The Kier molecular flexibility index (Phi) is 12.0. The van der Waals surface area contributed by atoms with Gasteiger partial charge in [-0.25, -0.2) is 4.99 Å². The maximum absolute atomic E-state index is 12.2. The third kappa shape index (κ3) is 9.14. The summed E-state index contributed by atoms with van der Waals surface area (Å²) in [6.45, 7) is 10.0. The van der Waals surface area contributed by atoms with Gasteiger partial charge in [0.05, 0.1) is 26.4 Å². The number of ether oxygens (including phenoxy) is 2. The largest absolute Gasteiger partial charge is 0.379 e. The van der Waals surface area contributed by atoms with Gasteiger partial charge in [0.25, 0.3) is 0 Å². The van der Waals surface area contributed by atoms with Crippen LogP contribution in [0.2, 0.25) is 0 Å². The van der Waals surface area contributed by atoms with Crippen molar-refractivity contribution < 1.29 is 13.7 Å². The van der Waals surface area contributed by atoms with Gasteiger partial charge in [-0.15, -0.1) is 0 Å². The molecule has 1 fully saturated rings. The number of aliphatic imine (C=N–C) groups is 1. The van der Waals surface area contributed by atoms with E-state index in [0.29, 0.717) is 37.7 Å². The highest BCUT2D eigenvalue weighted by Gasteiger charge is 2.26. The average Bonchev–Trinajstić information content (AvgIpc) is 2.77. The quantitative estimate of drug-likeness (QED) is 0.298. The summed E-state index contributed by atoms with van der Waals surface area (Å²) in [4.78, 5) is 4.79. The number of hydrogen-bond donors (Lipinski definition) is 2. The monoisotopic (exact) mass is 437 g/mol. The van der Waals surface area contributed by atoms with Gasteiger partial charge in [-0.1, -0.05) is 37.6 Å². The minimum atomic E-state index is -0.714. The van der Waals surface area contributed by atoms with Crippen LogP contribution in [0.5, 0.6) is 0 Å². The van der Waals surface area contributed by atoms with Crippen molar-refractivity contribution in [2.24, 2.45) is 4.99 Å². The Morgan fingerprint density at radius 3 is 2.73 bits per heavy atom. The predicted octanol–water partition coefficient (Wildman–Crippen LogP) is 3.37. The van der Waals surface area contributed by atoms with Crippen molar-refractivity contribution in [3.63, 3.8) is 0 Å². The fourth-order valence-electron chi connectivity index (χ4n) is 3.70. The lowest BCUT2D eigenvalue weighted by atomic mass is 9.95. The Bertz CT molecular complexity index is 669. The second kappa shape index (κ2) is 14.5. The number of benzene rings is 1. The molecule has 0 spiro atoms. The molecule has 0 amide bonds. The smallest absolute Gasteiger partial charge is 0.191 e. The molecule has 6 nitrogen and oxygen atoms in total. The number of rotatable bonds is 12. The van der Waals surface area contributed by atoms with Crippen LogP contribution < -0.4 is 10.6 Å². The van der Waals surface area contributed by atoms with Crippen LogP contribution in [0.4, 0.5) is 0 Å². The summed E-state index contributed by atoms with van der Waals surface area (Å²) < 4.78 is 23.2. The zero-order chi connectivity index (χ0) is 21.6. The van der Waals surface area contributed by atoms with Crippen LogP contribution in [-0.2, 0) is 33.4 Å². The van der Waals surface area contributed by atoms with Crippen molar-refractivity contribution >= 4 is 16.8 Å². The molecule has 2 N–H and O–H groups in total. The second-order valence-corrected chi connectivity index (χ2v) is 9.57. The van der Waals surface area contributed by atoms with Crippen molar-refractivity contribution in [3.05, 3.63) is 35.4 Å². The molecule has 3 unspecified atom stereocenters. The second-order valence-electron chi connectivity index (χ2n) is 7.56. The minimum absolute atomic E-state index is 0.309. The third-order valence-corrected chi connectivity index (χ3v) is 6.96. The van der Waals surface area contributed by atoms with E-state index in [1.54, 1.807) is 0 Å². The molecule has 0 bridgehead atoms. The Labute approximate surface area is 184 Å². The van der Waals surface area contributed by atoms with Gasteiger partial charge in [0.1, 0.15) is 0 Å². The lowest BCUT2D eigenvalue weighted by Crippen LogP contribution is -2.46. The van der Waals surface area contributed by atoms with Gasteiger partial charge in [-0.05, 0) is 44.2 Å². The lowest BCUT2D eigenvalue weighted by Gasteiger charge is -2.30. The Hall–Kier alpha value is -1.44. The van der Waals surface area contributed by atoms with E-state index in [1.165, 1.54) is 0 Å². The molecule has 170 valence electrons. The number of hydrogen-bond acceptors (Lipinski definition) is 4. The van der Waals surface area contributed by atoms with Crippen LogP contribution >= 0.6 is 0 Å². The van der Waals surface area contributed by atoms with Crippen LogP contribution in [0.15, 0.2) is 29.3 Å². The Morgan fingerprint density at radius 2 is 1.97 bits per heavy atom. The van der Waals surface area contributed by atoms with Gasteiger partial charge in [0.2, 0.25) is 0 Å². The molecule has 30 heavy (non-hydrogen) atoms. The van der Waals surface area contributed by atoms with Crippen molar-refractivity contribution in [1.29, 1.82) is 0 Å². The van der Waals surface area contributed by atoms with Crippen LogP contribution in [0.3, 0.4) is 0 Å². The van der Waals surface area contributed by atoms with Gasteiger partial charge in [0, 0.05) is 41.0 Å². The summed E-state index contributed by atoms with van der Waals surface area (Å²) in [6.07, 6.45) is 4.26. The summed E-state index contributed by atoms with van der Waals surface area (Å²) in [5.74, 6) is 1.58. The van der Waals surface area contributed by atoms with E-state index >= 15 is 0 Å². The minimum Gasteiger partial charge on any atom is -0.379 e. The van der Waals surface area contributed by atoms with Crippen molar-refractivity contribution in [1.82, 2.24) is 10.6 Å². The highest BCUT2D eigenvalue weighted by molar-refractivity contribution is 7.85. The zero-order valence-corrected chi connectivity index (χ0v) is 19.6. The van der Waals surface area contributed by atoms with Crippen molar-refractivity contribution in [2.75, 3.05) is 32.1 Å². The molecule has 0 heterocycles. The SMILES string of the molecule is CCNC(=NCc1cccc(COCCOCC)c1)NC1CCCC(S(=O)CC)C1. The molecule has 7 heteroatoms. The van der Waals surface area contributed by atoms with Crippen LogP contribution in [-0.4, -0.2) is 53.6 Å². The molecule has 1 aliphatic carbocycles. The first kappa shape index (κ1) is 24.8. The maximum atomic E-state index is 12.2. The van der Waals surface area contributed by atoms with E-state index in [0.717, 1.165) is 61.7 Å². The van der Waals surface area contributed by atoms with Crippen LogP contribution in [0, 0.1) is 0 Å². The third-order valence-electron chi connectivity index (χ3n) is 5.22. The molecule has 1 aromatic rings. The fraction of sp³-hybridized carbons (Fsp3) is 0.696. The molecule has 3 atom stereocenters. The molecule has 1 aliphatic rings. The first-order chi connectivity index (χ1) is 14.7. The van der Waals surface area contributed by atoms with E-state index in [1.807, 2.05) is 13.8 Å². The number of nitrogens with zero attached hydrogens (tertiary/aromatic N) is 1. The van der Waals surface area contributed by atoms with Crippen LogP contribution in [0.1, 0.15) is 57.6 Å². The Balaban J connectivity index is 1.89. The standard InChI is InChI=1S/C23H39N3O3S/c1-4-24-23(26-21-11-8-12-22(16-21)30(27)6-3)25-17-19-9-7-10-20(15-19)18-29-14-13-28-5-2/h7,9-10,15,21-22H,4-6,8,11-14,16-18H2,1-3H3,(H2,24,25,26). The average molecular weight is 438 g/mol. The lowest BCUT2D eigenvalue weighted by molar-refractivity contribution is 0.0453. The van der Waals surface area contributed by atoms with E-state index in [2.05, 4.69) is 41.8 Å². The molecule has 1 saturated carbocycles. The highest BCUT2D eigenvalue weighted by Crippen LogP contribution is 2.23. The Morgan fingerprint density at radius 1 is 1.17 bits per heavy atom. The highest BCUT2D eigenvalue weighted by atomic mass is 32.2. The van der Waals surface area contributed by atoms with E-state index in [9.17, 15) is 4.21 Å². The first-order valence-corrected chi connectivity index (χ1v) is 12.7.